The van der Waals surface area contributed by atoms with Crippen LogP contribution in [0.5, 0.6) is 5.88 Å². The number of hydrogen-bond acceptors (Lipinski definition) is 4. The number of pyridine rings is 1. The van der Waals surface area contributed by atoms with Crippen LogP contribution in [0.25, 0.3) is 16.7 Å². The average Bonchev–Trinajstić information content (AvgIpc) is 3.14. The van der Waals surface area contributed by atoms with Crippen molar-refractivity contribution in [1.82, 2.24) is 19.7 Å². The van der Waals surface area contributed by atoms with Crippen LogP contribution < -0.4 is 4.74 Å². The standard InChI is InChI=1S/C26H27ClN4O2/c1-5-30(15-20-10-7-6-8-11-20)24(32)16-33-23-14-17(2)25-19(4)29-31(26(25)28-23)22-13-9-12-21(27)18(22)3/h6-14H,5,15-16H2,1-4H3. The van der Waals surface area contributed by atoms with Gasteiger partial charge in [0.2, 0.25) is 5.88 Å². The molecule has 0 unspecified atom stereocenters. The number of ether oxygens (including phenoxy) is 1. The third-order valence-electron chi connectivity index (χ3n) is 5.75. The molecule has 6 nitrogen and oxygen atoms in total. The Kier molecular flexibility index (Phi) is 6.65. The number of aromatic nitrogens is 3. The lowest BCUT2D eigenvalue weighted by molar-refractivity contribution is -0.133. The van der Waals surface area contributed by atoms with E-state index in [1.165, 1.54) is 0 Å². The van der Waals surface area contributed by atoms with Crippen molar-refractivity contribution >= 4 is 28.5 Å². The van der Waals surface area contributed by atoms with Gasteiger partial charge in [-0.15, -0.1) is 0 Å². The molecule has 0 aliphatic rings. The second-order valence-electron chi connectivity index (χ2n) is 8.04. The van der Waals surface area contributed by atoms with Crippen LogP contribution in [0.4, 0.5) is 0 Å². The van der Waals surface area contributed by atoms with Gasteiger partial charge >= 0.3 is 0 Å². The number of benzene rings is 2. The zero-order valence-corrected chi connectivity index (χ0v) is 20.1. The van der Waals surface area contributed by atoms with Gasteiger partial charge < -0.3 is 9.64 Å². The molecule has 7 heteroatoms. The molecule has 0 N–H and O–H groups in total. The molecule has 2 aromatic heterocycles. The summed E-state index contributed by atoms with van der Waals surface area (Å²) >= 11 is 6.34. The van der Waals surface area contributed by atoms with Crippen molar-refractivity contribution in [2.45, 2.75) is 34.2 Å². The molecule has 0 fully saturated rings. The Bertz CT molecular complexity index is 1300. The molecule has 2 aromatic carbocycles. The summed E-state index contributed by atoms with van der Waals surface area (Å²) in [4.78, 5) is 19.3. The summed E-state index contributed by atoms with van der Waals surface area (Å²) in [7, 11) is 0. The summed E-state index contributed by atoms with van der Waals surface area (Å²) in [5, 5.41) is 6.35. The highest BCUT2D eigenvalue weighted by Gasteiger charge is 2.18. The maximum absolute atomic E-state index is 12.8. The van der Waals surface area contributed by atoms with Crippen molar-refractivity contribution in [2.75, 3.05) is 13.2 Å². The van der Waals surface area contributed by atoms with Crippen LogP contribution in [0, 0.1) is 20.8 Å². The van der Waals surface area contributed by atoms with Crippen molar-refractivity contribution in [1.29, 1.82) is 0 Å². The van der Waals surface area contributed by atoms with Crippen LogP contribution in [-0.2, 0) is 11.3 Å². The molecule has 2 heterocycles. The largest absolute Gasteiger partial charge is 0.467 e. The molecule has 0 saturated heterocycles. The van der Waals surface area contributed by atoms with Gasteiger partial charge in [0.05, 0.1) is 11.4 Å². The number of amides is 1. The van der Waals surface area contributed by atoms with E-state index in [-0.39, 0.29) is 12.5 Å². The number of rotatable bonds is 7. The van der Waals surface area contributed by atoms with E-state index in [4.69, 9.17) is 26.4 Å². The first-order valence-corrected chi connectivity index (χ1v) is 11.3. The highest BCUT2D eigenvalue weighted by molar-refractivity contribution is 6.31. The van der Waals surface area contributed by atoms with E-state index in [2.05, 4.69) is 0 Å². The molecule has 4 rings (SSSR count). The van der Waals surface area contributed by atoms with Crippen LogP contribution in [0.2, 0.25) is 5.02 Å². The smallest absolute Gasteiger partial charge is 0.260 e. The SMILES string of the molecule is CCN(Cc1ccccc1)C(=O)COc1cc(C)c2c(C)nn(-c3cccc(Cl)c3C)c2n1. The molecule has 0 atom stereocenters. The number of hydrogen-bond donors (Lipinski definition) is 0. The predicted octanol–water partition coefficient (Wildman–Crippen LogP) is 5.43. The van der Waals surface area contributed by atoms with Gasteiger partial charge in [-0.1, -0.05) is 48.0 Å². The maximum Gasteiger partial charge on any atom is 0.260 e. The fourth-order valence-electron chi connectivity index (χ4n) is 3.95. The molecule has 0 aliphatic heterocycles. The Hall–Kier alpha value is -3.38. The normalized spacial score (nSPS) is 11.1. The topological polar surface area (TPSA) is 60.3 Å². The second-order valence-corrected chi connectivity index (χ2v) is 8.45. The third-order valence-corrected chi connectivity index (χ3v) is 6.16. The maximum atomic E-state index is 12.8. The number of fused-ring (bicyclic) bond motifs is 1. The van der Waals surface area contributed by atoms with Gasteiger partial charge in [0.1, 0.15) is 0 Å². The Balaban J connectivity index is 1.60. The second kappa shape index (κ2) is 9.63. The first-order valence-electron chi connectivity index (χ1n) is 11.0. The summed E-state index contributed by atoms with van der Waals surface area (Å²) in [6.07, 6.45) is 0. The highest BCUT2D eigenvalue weighted by Crippen LogP contribution is 2.29. The lowest BCUT2D eigenvalue weighted by Crippen LogP contribution is -2.34. The van der Waals surface area contributed by atoms with Crippen LogP contribution in [0.3, 0.4) is 0 Å². The van der Waals surface area contributed by atoms with E-state index in [0.717, 1.165) is 33.5 Å². The summed E-state index contributed by atoms with van der Waals surface area (Å²) in [5.74, 6) is 0.307. The van der Waals surface area contributed by atoms with Crippen LogP contribution >= 0.6 is 11.6 Å². The first kappa shape index (κ1) is 22.8. The van der Waals surface area contributed by atoms with Gasteiger partial charge in [-0.2, -0.15) is 10.1 Å². The van der Waals surface area contributed by atoms with Gasteiger partial charge in [-0.25, -0.2) is 4.68 Å². The number of nitrogens with zero attached hydrogens (tertiary/aromatic N) is 4. The third kappa shape index (κ3) is 4.71. The van der Waals surface area contributed by atoms with Crippen LogP contribution in [0.1, 0.15) is 29.3 Å². The molecule has 0 aliphatic carbocycles. The number of carbonyl (C=O) groups excluding carboxylic acids is 1. The minimum atomic E-state index is -0.0868. The van der Waals surface area contributed by atoms with E-state index in [1.54, 1.807) is 9.58 Å². The first-order chi connectivity index (χ1) is 15.9. The molecule has 0 bridgehead atoms. The monoisotopic (exact) mass is 462 g/mol. The quantitative estimate of drug-likeness (QED) is 0.367. The van der Waals surface area contributed by atoms with Gasteiger partial charge in [-0.05, 0) is 56.5 Å². The molecule has 0 spiro atoms. The van der Waals surface area contributed by atoms with Crippen molar-refractivity contribution in [3.05, 3.63) is 82.0 Å². The highest BCUT2D eigenvalue weighted by atomic mass is 35.5. The fraction of sp³-hybridized carbons (Fsp3) is 0.269. The van der Waals surface area contributed by atoms with E-state index >= 15 is 0 Å². The fourth-order valence-corrected chi connectivity index (χ4v) is 4.12. The Labute approximate surface area is 198 Å². The lowest BCUT2D eigenvalue weighted by atomic mass is 10.1. The van der Waals surface area contributed by atoms with Crippen molar-refractivity contribution in [3.8, 4) is 11.6 Å². The molecule has 0 saturated carbocycles. The predicted molar refractivity (Wildman–Crippen MR) is 131 cm³/mol. The summed E-state index contributed by atoms with van der Waals surface area (Å²) in [6.45, 7) is 8.94. The Morgan fingerprint density at radius 3 is 2.58 bits per heavy atom. The minimum absolute atomic E-state index is 0.0814. The van der Waals surface area contributed by atoms with Crippen molar-refractivity contribution in [2.24, 2.45) is 0 Å². The van der Waals surface area contributed by atoms with Gasteiger partial charge in [-0.3, -0.25) is 4.79 Å². The van der Waals surface area contributed by atoms with Crippen molar-refractivity contribution < 1.29 is 9.53 Å². The molecule has 1 amide bonds. The Morgan fingerprint density at radius 1 is 1.09 bits per heavy atom. The molecular weight excluding hydrogens is 436 g/mol. The van der Waals surface area contributed by atoms with E-state index in [1.807, 2.05) is 82.3 Å². The summed E-state index contributed by atoms with van der Waals surface area (Å²) in [6, 6.07) is 17.5. The molecule has 170 valence electrons. The van der Waals surface area contributed by atoms with Crippen LogP contribution in [0.15, 0.2) is 54.6 Å². The lowest BCUT2D eigenvalue weighted by Gasteiger charge is -2.21. The molecular formula is C26H27ClN4O2. The van der Waals surface area contributed by atoms with Gasteiger partial charge in [0.15, 0.2) is 12.3 Å². The van der Waals surface area contributed by atoms with Gasteiger partial charge in [0, 0.05) is 29.6 Å². The molecule has 4 aromatic rings. The number of aryl methyl sites for hydroxylation is 2. The number of carbonyl (C=O) groups is 1. The molecule has 33 heavy (non-hydrogen) atoms. The zero-order valence-electron chi connectivity index (χ0n) is 19.3. The average molecular weight is 463 g/mol. The van der Waals surface area contributed by atoms with E-state index in [0.29, 0.717) is 29.6 Å². The number of halogens is 1. The van der Waals surface area contributed by atoms with Crippen LogP contribution in [-0.4, -0.2) is 38.7 Å². The molecule has 0 radical (unpaired) electrons. The zero-order chi connectivity index (χ0) is 23.5. The minimum Gasteiger partial charge on any atom is -0.467 e. The number of likely N-dealkylation sites (N-methyl/N-ethyl adjacent to an activating group) is 1. The van der Waals surface area contributed by atoms with E-state index in [9.17, 15) is 4.79 Å². The summed E-state index contributed by atoms with van der Waals surface area (Å²) in [5.41, 5.74) is 5.40. The van der Waals surface area contributed by atoms with E-state index < -0.39 is 0 Å². The van der Waals surface area contributed by atoms with Crippen molar-refractivity contribution in [3.63, 3.8) is 0 Å². The Morgan fingerprint density at radius 2 is 1.85 bits per heavy atom. The van der Waals surface area contributed by atoms with Gasteiger partial charge in [0.25, 0.3) is 5.91 Å². The summed E-state index contributed by atoms with van der Waals surface area (Å²) < 4.78 is 7.65.